The fourth-order valence-electron chi connectivity index (χ4n) is 4.69. The number of nitro groups is 1. The zero-order valence-electron chi connectivity index (χ0n) is 18.9. The standard InChI is InChI=1S/C27H22FN3O4/c1-16-23(26(32)29-25(17-13-14-17)18-7-5-8-19(28)15-18)21-11-6-12-22(31(34)35)24(21)27(33)30(16)20-9-3-2-4-10-20/h2-12,15,17,25H,13-14H2,1H3,(H,29,32)/t25-/m0/s1. The first-order valence-electron chi connectivity index (χ1n) is 11.3. The first-order valence-corrected chi connectivity index (χ1v) is 11.3. The number of pyridine rings is 1. The van der Waals surface area contributed by atoms with Crippen molar-refractivity contribution in [2.75, 3.05) is 0 Å². The van der Waals surface area contributed by atoms with Crippen LogP contribution in [0.4, 0.5) is 10.1 Å². The third-order valence-electron chi connectivity index (χ3n) is 6.45. The molecule has 1 fully saturated rings. The maximum Gasteiger partial charge on any atom is 0.282 e. The minimum Gasteiger partial charge on any atom is -0.345 e. The average Bonchev–Trinajstić information content (AvgIpc) is 3.68. The minimum absolute atomic E-state index is 0.133. The van der Waals surface area contributed by atoms with Crippen molar-refractivity contribution in [1.82, 2.24) is 9.88 Å². The minimum atomic E-state index is -0.615. The van der Waals surface area contributed by atoms with Crippen LogP contribution < -0.4 is 10.9 Å². The van der Waals surface area contributed by atoms with Crippen LogP contribution in [0.2, 0.25) is 0 Å². The van der Waals surface area contributed by atoms with Gasteiger partial charge >= 0.3 is 0 Å². The number of rotatable bonds is 6. The van der Waals surface area contributed by atoms with Crippen molar-refractivity contribution in [2.24, 2.45) is 5.92 Å². The summed E-state index contributed by atoms with van der Waals surface area (Å²) in [5.41, 5.74) is 0.749. The second kappa shape index (κ2) is 8.79. The summed E-state index contributed by atoms with van der Waals surface area (Å²) in [6.45, 7) is 1.65. The highest BCUT2D eigenvalue weighted by atomic mass is 19.1. The molecular weight excluding hydrogens is 449 g/mol. The number of carbonyl (C=O) groups excluding carboxylic acids is 1. The summed E-state index contributed by atoms with van der Waals surface area (Å²) in [7, 11) is 0. The van der Waals surface area contributed by atoms with Crippen LogP contribution in [0.15, 0.2) is 77.6 Å². The number of non-ortho nitro benzene ring substituents is 1. The van der Waals surface area contributed by atoms with Crippen molar-refractivity contribution in [1.29, 1.82) is 0 Å². The quantitative estimate of drug-likeness (QED) is 0.308. The van der Waals surface area contributed by atoms with Crippen LogP contribution in [-0.2, 0) is 0 Å². The Hall–Kier alpha value is -4.33. The van der Waals surface area contributed by atoms with E-state index in [0.29, 0.717) is 16.9 Å². The van der Waals surface area contributed by atoms with Gasteiger partial charge in [-0.15, -0.1) is 0 Å². The van der Waals surface area contributed by atoms with E-state index >= 15 is 0 Å². The number of benzene rings is 3. The SMILES string of the molecule is Cc1c(C(=O)N[C@H](c2cccc(F)c2)C2CC2)c2cccc([N+](=O)[O-])c2c(=O)n1-c1ccccc1. The summed E-state index contributed by atoms with van der Waals surface area (Å²) in [6.07, 6.45) is 1.80. The summed E-state index contributed by atoms with van der Waals surface area (Å²) < 4.78 is 15.3. The first kappa shape index (κ1) is 22.5. The Kier molecular flexibility index (Phi) is 5.64. The van der Waals surface area contributed by atoms with Gasteiger partial charge in [0.25, 0.3) is 17.2 Å². The van der Waals surface area contributed by atoms with Gasteiger partial charge in [-0.2, -0.15) is 0 Å². The van der Waals surface area contributed by atoms with E-state index < -0.39 is 28.2 Å². The molecule has 1 heterocycles. The molecule has 176 valence electrons. The number of hydrogen-bond acceptors (Lipinski definition) is 4. The third-order valence-corrected chi connectivity index (χ3v) is 6.45. The predicted molar refractivity (Wildman–Crippen MR) is 130 cm³/mol. The van der Waals surface area contributed by atoms with Gasteiger partial charge in [-0.1, -0.05) is 42.5 Å². The second-order valence-corrected chi connectivity index (χ2v) is 8.74. The van der Waals surface area contributed by atoms with E-state index in [9.17, 15) is 24.1 Å². The van der Waals surface area contributed by atoms with E-state index in [1.165, 1.54) is 28.8 Å². The van der Waals surface area contributed by atoms with E-state index in [2.05, 4.69) is 5.32 Å². The van der Waals surface area contributed by atoms with Crippen LogP contribution in [-0.4, -0.2) is 15.4 Å². The number of fused-ring (bicyclic) bond motifs is 1. The molecule has 35 heavy (non-hydrogen) atoms. The first-order chi connectivity index (χ1) is 16.9. The van der Waals surface area contributed by atoms with Crippen LogP contribution in [0, 0.1) is 28.8 Å². The molecule has 0 spiro atoms. The number of nitrogens with zero attached hydrogens (tertiary/aromatic N) is 2. The molecule has 1 saturated carbocycles. The van der Waals surface area contributed by atoms with Gasteiger partial charge in [0.05, 0.1) is 16.5 Å². The Morgan fingerprint density at radius 2 is 1.80 bits per heavy atom. The lowest BCUT2D eigenvalue weighted by molar-refractivity contribution is -0.383. The van der Waals surface area contributed by atoms with E-state index in [1.54, 1.807) is 55.5 Å². The Bertz CT molecular complexity index is 1530. The number of nitro benzene ring substituents is 1. The lowest BCUT2D eigenvalue weighted by atomic mass is 9.98. The molecule has 0 unspecified atom stereocenters. The highest BCUT2D eigenvalue weighted by molar-refractivity contribution is 6.10. The fourth-order valence-corrected chi connectivity index (χ4v) is 4.69. The molecule has 8 heteroatoms. The molecule has 3 aromatic carbocycles. The highest BCUT2D eigenvalue weighted by Crippen LogP contribution is 2.41. The van der Waals surface area contributed by atoms with Crippen molar-refractivity contribution in [2.45, 2.75) is 25.8 Å². The molecule has 1 amide bonds. The van der Waals surface area contributed by atoms with E-state index in [4.69, 9.17) is 0 Å². The predicted octanol–water partition coefficient (Wildman–Crippen LogP) is 5.23. The van der Waals surface area contributed by atoms with Crippen LogP contribution in [0.5, 0.6) is 0 Å². The molecule has 1 N–H and O–H groups in total. The zero-order valence-corrected chi connectivity index (χ0v) is 18.9. The molecule has 1 aliphatic carbocycles. The summed E-state index contributed by atoms with van der Waals surface area (Å²) in [6, 6.07) is 18.7. The smallest absolute Gasteiger partial charge is 0.282 e. The second-order valence-electron chi connectivity index (χ2n) is 8.74. The Morgan fingerprint density at radius 1 is 1.09 bits per heavy atom. The van der Waals surface area contributed by atoms with Gasteiger partial charge < -0.3 is 5.32 Å². The van der Waals surface area contributed by atoms with Crippen molar-refractivity contribution in [3.63, 3.8) is 0 Å². The van der Waals surface area contributed by atoms with Crippen molar-refractivity contribution in [3.8, 4) is 5.69 Å². The van der Waals surface area contributed by atoms with Gasteiger partial charge in [0, 0.05) is 22.8 Å². The molecule has 1 aromatic heterocycles. The molecule has 0 bridgehead atoms. The maximum atomic E-state index is 13.9. The van der Waals surface area contributed by atoms with Crippen LogP contribution in [0.25, 0.3) is 16.5 Å². The van der Waals surface area contributed by atoms with Gasteiger partial charge in [-0.25, -0.2) is 4.39 Å². The molecular formula is C27H22FN3O4. The number of hydrogen-bond donors (Lipinski definition) is 1. The van der Waals surface area contributed by atoms with Crippen molar-refractivity contribution >= 4 is 22.4 Å². The molecule has 4 aromatic rings. The van der Waals surface area contributed by atoms with Crippen LogP contribution >= 0.6 is 0 Å². The Labute approximate surface area is 200 Å². The highest BCUT2D eigenvalue weighted by Gasteiger charge is 2.35. The van der Waals surface area contributed by atoms with Gasteiger partial charge in [0.2, 0.25) is 0 Å². The topological polar surface area (TPSA) is 94.2 Å². The molecule has 0 saturated heterocycles. The molecule has 1 aliphatic rings. The van der Waals surface area contributed by atoms with E-state index in [0.717, 1.165) is 12.8 Å². The number of para-hydroxylation sites is 1. The fraction of sp³-hybridized carbons (Fsp3) is 0.185. The van der Waals surface area contributed by atoms with Gasteiger partial charge in [0.1, 0.15) is 11.2 Å². The zero-order chi connectivity index (χ0) is 24.7. The molecule has 0 aliphatic heterocycles. The maximum absolute atomic E-state index is 13.9. The van der Waals surface area contributed by atoms with Gasteiger partial charge in [0.15, 0.2) is 0 Å². The third kappa shape index (κ3) is 4.07. The van der Waals surface area contributed by atoms with Gasteiger partial charge in [-0.3, -0.25) is 24.3 Å². The number of carbonyl (C=O) groups is 1. The lowest BCUT2D eigenvalue weighted by Crippen LogP contribution is -2.33. The average molecular weight is 471 g/mol. The number of amides is 1. The van der Waals surface area contributed by atoms with Gasteiger partial charge in [-0.05, 0) is 55.5 Å². The van der Waals surface area contributed by atoms with E-state index in [-0.39, 0.29) is 27.9 Å². The monoisotopic (exact) mass is 471 g/mol. The largest absolute Gasteiger partial charge is 0.345 e. The summed E-state index contributed by atoms with van der Waals surface area (Å²) >= 11 is 0. The lowest BCUT2D eigenvalue weighted by Gasteiger charge is -2.22. The van der Waals surface area contributed by atoms with Crippen molar-refractivity contribution in [3.05, 3.63) is 116 Å². The van der Waals surface area contributed by atoms with Crippen LogP contribution in [0.3, 0.4) is 0 Å². The molecule has 7 nitrogen and oxygen atoms in total. The Morgan fingerprint density at radius 3 is 2.46 bits per heavy atom. The number of nitrogens with one attached hydrogen (secondary N) is 1. The summed E-state index contributed by atoms with van der Waals surface area (Å²) in [4.78, 5) is 38.5. The summed E-state index contributed by atoms with van der Waals surface area (Å²) in [5, 5.41) is 14.9. The normalized spacial score (nSPS) is 14.0. The van der Waals surface area contributed by atoms with Crippen molar-refractivity contribution < 1.29 is 14.1 Å². The van der Waals surface area contributed by atoms with Crippen LogP contribution in [0.1, 0.15) is 40.5 Å². The van der Waals surface area contributed by atoms with E-state index in [1.807, 2.05) is 0 Å². The Balaban J connectivity index is 1.72. The molecule has 0 radical (unpaired) electrons. The molecule has 1 atom stereocenters. The number of halogens is 1. The number of aromatic nitrogens is 1. The summed E-state index contributed by atoms with van der Waals surface area (Å²) in [5.74, 6) is -0.696. The molecule has 5 rings (SSSR count).